The van der Waals surface area contributed by atoms with Gasteiger partial charge in [-0.25, -0.2) is 0 Å². The van der Waals surface area contributed by atoms with Crippen LogP contribution in [-0.4, -0.2) is 11.6 Å². The van der Waals surface area contributed by atoms with Crippen LogP contribution in [0.4, 0.5) is 0 Å². The number of carbonyl (C=O) groups excluding carboxylic acids is 2. The average Bonchev–Trinajstić information content (AvgIpc) is 3.30. The summed E-state index contributed by atoms with van der Waals surface area (Å²) in [6, 6.07) is 20.7. The number of ketones is 2. The second-order valence-corrected chi connectivity index (χ2v) is 18.3. The van der Waals surface area contributed by atoms with Gasteiger partial charge in [0, 0.05) is 33.4 Å². The van der Waals surface area contributed by atoms with Crippen molar-refractivity contribution in [1.29, 1.82) is 0 Å². The zero-order valence-electron chi connectivity index (χ0n) is 33.3. The lowest BCUT2D eigenvalue weighted by Gasteiger charge is -2.32. The van der Waals surface area contributed by atoms with Crippen LogP contribution in [0.5, 0.6) is 0 Å². The van der Waals surface area contributed by atoms with Crippen LogP contribution in [0, 0.1) is 35.5 Å². The Balaban J connectivity index is 1.93. The first-order valence-electron chi connectivity index (χ1n) is 18.2. The lowest BCUT2D eigenvalue weighted by molar-refractivity contribution is -0.114. The minimum atomic E-state index is -0.355. The van der Waals surface area contributed by atoms with Gasteiger partial charge in [0.2, 0.25) is 0 Å². The Morgan fingerprint density at radius 3 is 0.922 bits per heavy atom. The second-order valence-electron chi connectivity index (χ2n) is 18.3. The van der Waals surface area contributed by atoms with Gasteiger partial charge in [-0.05, 0) is 93.2 Å². The molecule has 0 atom stereocenters. The van der Waals surface area contributed by atoms with Crippen LogP contribution >= 0.6 is 0 Å². The van der Waals surface area contributed by atoms with Crippen LogP contribution in [0.15, 0.2) is 123 Å². The third-order valence-corrected chi connectivity index (χ3v) is 10.0. The summed E-state index contributed by atoms with van der Waals surface area (Å²) >= 11 is 0. The largest absolute Gasteiger partial charge is 0.455 e. The summed E-state index contributed by atoms with van der Waals surface area (Å²) in [5, 5.41) is 0. The SMILES string of the molecule is Cc1c(C(=C2C=C(C(C)(C)C)C(=O)C(C(C)(C)C)=C2)c2ccccc2)oc(C(=C2C=C(C(C)(C)C)C(=O)C(C(C)(C)C)=C2)c2ccccc2)c1C. The summed E-state index contributed by atoms with van der Waals surface area (Å²) in [6.07, 6.45) is 8.32. The highest BCUT2D eigenvalue weighted by molar-refractivity contribution is 6.13. The highest BCUT2D eigenvalue weighted by Gasteiger charge is 2.37. The molecule has 266 valence electrons. The number of carbonyl (C=O) groups is 2. The molecule has 2 aliphatic carbocycles. The molecule has 0 unspecified atom stereocenters. The van der Waals surface area contributed by atoms with Gasteiger partial charge in [-0.1, -0.05) is 144 Å². The summed E-state index contributed by atoms with van der Waals surface area (Å²) in [4.78, 5) is 28.0. The highest BCUT2D eigenvalue weighted by atomic mass is 16.3. The molecule has 1 heterocycles. The molecular formula is C48H56O3. The van der Waals surface area contributed by atoms with E-state index in [0.717, 1.165) is 78.4 Å². The van der Waals surface area contributed by atoms with Crippen molar-refractivity contribution in [2.75, 3.05) is 0 Å². The maximum Gasteiger partial charge on any atom is 0.186 e. The third kappa shape index (κ3) is 7.45. The zero-order chi connectivity index (χ0) is 37.8. The van der Waals surface area contributed by atoms with Gasteiger partial charge >= 0.3 is 0 Å². The molecule has 0 N–H and O–H groups in total. The maximum absolute atomic E-state index is 14.0. The normalized spacial score (nSPS) is 16.1. The van der Waals surface area contributed by atoms with E-state index in [-0.39, 0.29) is 33.2 Å². The van der Waals surface area contributed by atoms with Gasteiger partial charge in [-0.2, -0.15) is 0 Å². The molecule has 1 aromatic heterocycles. The van der Waals surface area contributed by atoms with Gasteiger partial charge in [0.25, 0.3) is 0 Å². The van der Waals surface area contributed by atoms with E-state index in [1.54, 1.807) is 0 Å². The molecule has 0 bridgehead atoms. The van der Waals surface area contributed by atoms with E-state index >= 15 is 0 Å². The van der Waals surface area contributed by atoms with Crippen LogP contribution in [0.1, 0.15) is 117 Å². The molecule has 3 heteroatoms. The molecule has 0 radical (unpaired) electrons. The topological polar surface area (TPSA) is 47.3 Å². The summed E-state index contributed by atoms with van der Waals surface area (Å²) in [5.41, 5.74) is 9.65. The zero-order valence-corrected chi connectivity index (χ0v) is 33.3. The standard InChI is InChI=1S/C48H56O3/c1-29-30(2)44(40(32-23-19-16-20-24-32)34-27-37(47(9,10)11)42(50)38(28-34)48(12,13)14)51-43(29)39(31-21-17-15-18-22-31)33-25-35(45(3,4)5)41(49)36(26-33)46(6,7)8/h15-28H,1-14H3. The van der Waals surface area contributed by atoms with Crippen LogP contribution in [0.2, 0.25) is 0 Å². The first-order chi connectivity index (χ1) is 23.5. The molecule has 2 aliphatic rings. The summed E-state index contributed by atoms with van der Waals surface area (Å²) in [5.74, 6) is 1.75. The fourth-order valence-corrected chi connectivity index (χ4v) is 6.91. The van der Waals surface area contributed by atoms with Gasteiger partial charge in [0.05, 0.1) is 0 Å². The van der Waals surface area contributed by atoms with Crippen LogP contribution < -0.4 is 0 Å². The van der Waals surface area contributed by atoms with Gasteiger partial charge in [-0.3, -0.25) is 9.59 Å². The molecule has 0 aliphatic heterocycles. The molecule has 3 nitrogen and oxygen atoms in total. The molecule has 51 heavy (non-hydrogen) atoms. The second kappa shape index (κ2) is 13.2. The van der Waals surface area contributed by atoms with Gasteiger partial charge in [-0.15, -0.1) is 0 Å². The Bertz CT molecular complexity index is 1850. The van der Waals surface area contributed by atoms with Gasteiger partial charge in [0.1, 0.15) is 11.5 Å². The maximum atomic E-state index is 14.0. The van der Waals surface area contributed by atoms with Crippen molar-refractivity contribution < 1.29 is 14.0 Å². The van der Waals surface area contributed by atoms with Crippen molar-refractivity contribution in [2.45, 2.75) is 96.9 Å². The minimum Gasteiger partial charge on any atom is -0.455 e. The molecular weight excluding hydrogens is 625 g/mol. The Labute approximate surface area is 306 Å². The number of furan rings is 1. The van der Waals surface area contributed by atoms with E-state index in [1.807, 2.05) is 36.4 Å². The fourth-order valence-electron chi connectivity index (χ4n) is 6.91. The molecule has 0 saturated carbocycles. The monoisotopic (exact) mass is 680 g/mol. The first-order valence-corrected chi connectivity index (χ1v) is 18.2. The van der Waals surface area contributed by atoms with E-state index in [4.69, 9.17) is 4.42 Å². The van der Waals surface area contributed by atoms with Crippen LogP contribution in [-0.2, 0) is 9.59 Å². The molecule has 0 saturated heterocycles. The quantitative estimate of drug-likeness (QED) is 0.275. The lowest BCUT2D eigenvalue weighted by atomic mass is 9.71. The molecule has 0 fully saturated rings. The van der Waals surface area contributed by atoms with E-state index in [2.05, 4.69) is 146 Å². The van der Waals surface area contributed by atoms with Crippen molar-refractivity contribution in [1.82, 2.24) is 0 Å². The fraction of sp³-hybridized carbons (Fsp3) is 0.375. The first kappa shape index (κ1) is 37.7. The van der Waals surface area contributed by atoms with Crippen molar-refractivity contribution in [3.8, 4) is 0 Å². The van der Waals surface area contributed by atoms with Crippen molar-refractivity contribution in [2.24, 2.45) is 21.7 Å². The van der Waals surface area contributed by atoms with E-state index in [1.165, 1.54) is 0 Å². The number of hydrogen-bond donors (Lipinski definition) is 0. The van der Waals surface area contributed by atoms with Gasteiger partial charge < -0.3 is 4.42 Å². The van der Waals surface area contributed by atoms with Gasteiger partial charge in [0.15, 0.2) is 11.6 Å². The molecule has 0 spiro atoms. The molecule has 0 amide bonds. The molecule has 3 aromatic rings. The van der Waals surface area contributed by atoms with Crippen LogP contribution in [0.3, 0.4) is 0 Å². The number of allylic oxidation sites excluding steroid dienone is 10. The third-order valence-electron chi connectivity index (χ3n) is 10.0. The number of Topliss-reactive ketones (excluding diaryl/α,β-unsaturated/α-hetero) is 2. The van der Waals surface area contributed by atoms with E-state index in [9.17, 15) is 9.59 Å². The van der Waals surface area contributed by atoms with E-state index < -0.39 is 0 Å². The van der Waals surface area contributed by atoms with Crippen molar-refractivity contribution >= 4 is 22.7 Å². The molecule has 2 aromatic carbocycles. The Morgan fingerprint density at radius 2 is 0.686 bits per heavy atom. The van der Waals surface area contributed by atoms with Crippen molar-refractivity contribution in [3.63, 3.8) is 0 Å². The Kier molecular flexibility index (Phi) is 9.80. The number of hydrogen-bond acceptors (Lipinski definition) is 3. The summed E-state index contributed by atoms with van der Waals surface area (Å²) in [7, 11) is 0. The van der Waals surface area contributed by atoms with Crippen LogP contribution in [0.25, 0.3) is 11.1 Å². The number of benzene rings is 2. The molecule has 5 rings (SSSR count). The predicted molar refractivity (Wildman–Crippen MR) is 213 cm³/mol. The Hall–Kier alpha value is -4.50. The smallest absolute Gasteiger partial charge is 0.186 e. The van der Waals surface area contributed by atoms with Crippen molar-refractivity contribution in [3.05, 3.63) is 152 Å². The summed E-state index contributed by atoms with van der Waals surface area (Å²) < 4.78 is 7.22. The summed E-state index contributed by atoms with van der Waals surface area (Å²) in [6.45, 7) is 29.5. The Morgan fingerprint density at radius 1 is 0.431 bits per heavy atom. The number of rotatable bonds is 4. The average molecular weight is 681 g/mol. The minimum absolute atomic E-state index is 0.102. The predicted octanol–water partition coefficient (Wildman–Crippen LogP) is 12.6. The van der Waals surface area contributed by atoms with E-state index in [0.29, 0.717) is 0 Å². The lowest BCUT2D eigenvalue weighted by Crippen LogP contribution is -2.28. The highest BCUT2D eigenvalue weighted by Crippen LogP contribution is 2.46.